The van der Waals surface area contributed by atoms with E-state index in [1.807, 2.05) is 0 Å². The molecule has 1 N–H and O–H groups in total. The molecule has 3 heteroatoms. The van der Waals surface area contributed by atoms with E-state index in [1.165, 1.54) is 38.5 Å². The summed E-state index contributed by atoms with van der Waals surface area (Å²) >= 11 is 0. The van der Waals surface area contributed by atoms with Gasteiger partial charge in [-0.25, -0.2) is 0 Å². The fraction of sp³-hybridized carbons (Fsp3) is 0.929. The number of nitrogens with zero attached hydrogens (tertiary/aromatic N) is 1. The Morgan fingerprint density at radius 2 is 1.76 bits per heavy atom. The molecule has 0 atom stereocenters. The molecule has 0 radical (unpaired) electrons. The highest BCUT2D eigenvalue weighted by molar-refractivity contribution is 5.11. The van der Waals surface area contributed by atoms with Crippen LogP contribution >= 0.6 is 0 Å². The van der Waals surface area contributed by atoms with E-state index in [4.69, 9.17) is 4.74 Å². The summed E-state index contributed by atoms with van der Waals surface area (Å²) in [5, 5.41) is 12.8. The second-order valence-electron chi connectivity index (χ2n) is 5.82. The van der Waals surface area contributed by atoms with Gasteiger partial charge in [-0.15, -0.1) is 0 Å². The highest BCUT2D eigenvalue weighted by Crippen LogP contribution is 2.50. The predicted octanol–water partition coefficient (Wildman–Crippen LogP) is 2.62. The van der Waals surface area contributed by atoms with Crippen molar-refractivity contribution in [1.29, 1.82) is 5.26 Å². The first kappa shape index (κ1) is 12.9. The number of nitrogens with one attached hydrogen (secondary N) is 1. The maximum absolute atomic E-state index is 9.42. The van der Waals surface area contributed by atoms with Gasteiger partial charge in [-0.2, -0.15) is 5.26 Å². The summed E-state index contributed by atoms with van der Waals surface area (Å²) in [7, 11) is 1.70. The standard InChI is InChI=1S/C14H24N2O/c1-17-11-10-16-14(12-15)8-6-13(7-9-14)4-2-3-5-13/h16H,2-11H2,1H3. The van der Waals surface area contributed by atoms with Gasteiger partial charge in [0.2, 0.25) is 0 Å². The van der Waals surface area contributed by atoms with Gasteiger partial charge in [-0.1, -0.05) is 12.8 Å². The Labute approximate surface area is 105 Å². The molecule has 2 rings (SSSR count). The predicted molar refractivity (Wildman–Crippen MR) is 67.6 cm³/mol. The van der Waals surface area contributed by atoms with Crippen LogP contribution in [0.4, 0.5) is 0 Å². The van der Waals surface area contributed by atoms with Crippen molar-refractivity contribution in [2.45, 2.75) is 56.9 Å². The molecule has 1 spiro atoms. The smallest absolute Gasteiger partial charge is 0.106 e. The van der Waals surface area contributed by atoms with Crippen molar-refractivity contribution in [3.05, 3.63) is 0 Å². The molecule has 2 fully saturated rings. The van der Waals surface area contributed by atoms with Crippen LogP contribution in [0.25, 0.3) is 0 Å². The maximum atomic E-state index is 9.42. The zero-order chi connectivity index (χ0) is 12.2. The quantitative estimate of drug-likeness (QED) is 0.763. The van der Waals surface area contributed by atoms with Crippen LogP contribution in [0.5, 0.6) is 0 Å². The zero-order valence-electron chi connectivity index (χ0n) is 10.9. The fourth-order valence-corrected chi connectivity index (χ4v) is 3.55. The SMILES string of the molecule is COCCNC1(C#N)CCC2(CCCC2)CC1. The molecule has 2 aliphatic carbocycles. The molecule has 0 unspecified atom stereocenters. The van der Waals surface area contributed by atoms with Crippen LogP contribution in [-0.4, -0.2) is 25.8 Å². The van der Waals surface area contributed by atoms with Crippen molar-refractivity contribution in [2.24, 2.45) is 5.41 Å². The number of hydrogen-bond acceptors (Lipinski definition) is 3. The number of rotatable bonds is 4. The van der Waals surface area contributed by atoms with Gasteiger partial charge in [0.15, 0.2) is 0 Å². The van der Waals surface area contributed by atoms with Gasteiger partial charge in [0.25, 0.3) is 0 Å². The van der Waals surface area contributed by atoms with Gasteiger partial charge >= 0.3 is 0 Å². The first-order valence-corrected chi connectivity index (χ1v) is 6.90. The maximum Gasteiger partial charge on any atom is 0.106 e. The van der Waals surface area contributed by atoms with E-state index in [0.717, 1.165) is 19.4 Å². The molecule has 2 saturated carbocycles. The summed E-state index contributed by atoms with van der Waals surface area (Å²) in [6.07, 6.45) is 10.1. The largest absolute Gasteiger partial charge is 0.383 e. The van der Waals surface area contributed by atoms with Gasteiger partial charge in [0.1, 0.15) is 5.54 Å². The topological polar surface area (TPSA) is 45.0 Å². The summed E-state index contributed by atoms with van der Waals surface area (Å²) in [4.78, 5) is 0. The Balaban J connectivity index is 1.88. The summed E-state index contributed by atoms with van der Waals surface area (Å²) in [5.74, 6) is 0. The molecule has 17 heavy (non-hydrogen) atoms. The van der Waals surface area contributed by atoms with Crippen molar-refractivity contribution in [2.75, 3.05) is 20.3 Å². The lowest BCUT2D eigenvalue weighted by Crippen LogP contribution is -2.49. The van der Waals surface area contributed by atoms with Gasteiger partial charge in [0, 0.05) is 13.7 Å². The number of methoxy groups -OCH3 is 1. The number of ether oxygens (including phenoxy) is 1. The number of hydrogen-bond donors (Lipinski definition) is 1. The summed E-state index contributed by atoms with van der Waals surface area (Å²) in [6.45, 7) is 1.48. The van der Waals surface area contributed by atoms with Gasteiger partial charge < -0.3 is 4.74 Å². The lowest BCUT2D eigenvalue weighted by atomic mass is 9.67. The summed E-state index contributed by atoms with van der Waals surface area (Å²) < 4.78 is 5.04. The normalized spacial score (nSPS) is 25.9. The molecule has 0 aliphatic heterocycles. The monoisotopic (exact) mass is 236 g/mol. The van der Waals surface area contributed by atoms with Crippen molar-refractivity contribution in [3.63, 3.8) is 0 Å². The first-order chi connectivity index (χ1) is 8.24. The molecular weight excluding hydrogens is 212 g/mol. The Kier molecular flexibility index (Phi) is 4.06. The Hall–Kier alpha value is -0.590. The van der Waals surface area contributed by atoms with Crippen LogP contribution in [0, 0.1) is 16.7 Å². The third-order valence-electron chi connectivity index (χ3n) is 4.81. The second-order valence-corrected chi connectivity index (χ2v) is 5.82. The molecule has 0 bridgehead atoms. The molecule has 3 nitrogen and oxygen atoms in total. The number of nitriles is 1. The van der Waals surface area contributed by atoms with Crippen LogP contribution < -0.4 is 5.32 Å². The minimum absolute atomic E-state index is 0.271. The van der Waals surface area contributed by atoms with Crippen molar-refractivity contribution in [1.82, 2.24) is 5.32 Å². The molecule has 0 aromatic carbocycles. The lowest BCUT2D eigenvalue weighted by molar-refractivity contribution is 0.128. The van der Waals surface area contributed by atoms with E-state index in [0.29, 0.717) is 12.0 Å². The average molecular weight is 236 g/mol. The van der Waals surface area contributed by atoms with Gasteiger partial charge in [-0.3, -0.25) is 5.32 Å². The average Bonchev–Trinajstić information content (AvgIpc) is 2.82. The fourth-order valence-electron chi connectivity index (χ4n) is 3.55. The molecule has 0 saturated heterocycles. The molecule has 0 heterocycles. The van der Waals surface area contributed by atoms with Crippen molar-refractivity contribution in [3.8, 4) is 6.07 Å². The van der Waals surface area contributed by atoms with E-state index in [9.17, 15) is 5.26 Å². The summed E-state index contributed by atoms with van der Waals surface area (Å²) in [6, 6.07) is 2.52. The highest BCUT2D eigenvalue weighted by Gasteiger charge is 2.43. The van der Waals surface area contributed by atoms with Crippen molar-refractivity contribution >= 4 is 0 Å². The third-order valence-corrected chi connectivity index (χ3v) is 4.81. The van der Waals surface area contributed by atoms with E-state index in [-0.39, 0.29) is 5.54 Å². The first-order valence-electron chi connectivity index (χ1n) is 6.90. The molecule has 2 aliphatic rings. The molecule has 0 amide bonds. The van der Waals surface area contributed by atoms with E-state index in [2.05, 4.69) is 11.4 Å². The molecule has 0 aromatic rings. The Morgan fingerprint density at radius 1 is 1.12 bits per heavy atom. The van der Waals surface area contributed by atoms with Gasteiger partial charge in [-0.05, 0) is 43.9 Å². The third kappa shape index (κ3) is 2.81. The van der Waals surface area contributed by atoms with E-state index in [1.54, 1.807) is 7.11 Å². The van der Waals surface area contributed by atoms with Gasteiger partial charge in [0.05, 0.1) is 12.7 Å². The molecular formula is C14H24N2O. The van der Waals surface area contributed by atoms with Crippen LogP contribution in [-0.2, 0) is 4.74 Å². The van der Waals surface area contributed by atoms with Crippen LogP contribution in [0.2, 0.25) is 0 Å². The Morgan fingerprint density at radius 3 is 2.29 bits per heavy atom. The molecule has 0 aromatic heterocycles. The zero-order valence-corrected chi connectivity index (χ0v) is 10.9. The highest BCUT2D eigenvalue weighted by atomic mass is 16.5. The molecule has 96 valence electrons. The lowest BCUT2D eigenvalue weighted by Gasteiger charge is -2.42. The van der Waals surface area contributed by atoms with Crippen LogP contribution in [0.3, 0.4) is 0 Å². The van der Waals surface area contributed by atoms with Crippen LogP contribution in [0.15, 0.2) is 0 Å². The minimum atomic E-state index is -0.271. The van der Waals surface area contributed by atoms with Crippen LogP contribution in [0.1, 0.15) is 51.4 Å². The van der Waals surface area contributed by atoms with E-state index >= 15 is 0 Å². The van der Waals surface area contributed by atoms with E-state index < -0.39 is 0 Å². The second kappa shape index (κ2) is 5.37. The Bertz CT molecular complexity index is 279. The summed E-state index contributed by atoms with van der Waals surface area (Å²) in [5.41, 5.74) is 0.329. The minimum Gasteiger partial charge on any atom is -0.383 e. The van der Waals surface area contributed by atoms with Crippen molar-refractivity contribution < 1.29 is 4.74 Å².